The summed E-state index contributed by atoms with van der Waals surface area (Å²) in [6, 6.07) is 10.7. The number of nitrogens with zero attached hydrogens (tertiary/aromatic N) is 2. The summed E-state index contributed by atoms with van der Waals surface area (Å²) in [5.41, 5.74) is 7.73. The van der Waals surface area contributed by atoms with Crippen molar-refractivity contribution in [2.75, 3.05) is 6.54 Å². The van der Waals surface area contributed by atoms with Crippen LogP contribution in [0, 0.1) is 0 Å². The molecule has 24 heavy (non-hydrogen) atoms. The average Bonchev–Trinajstić information content (AvgIpc) is 3.10. The standard InChI is InChI=1S/C18H20N4O2/c19-18(24)21-12-13-3-5-15(6-4-13)17(23)22-11-1-2-16(22)14-7-9-20-10-8-14/h3-10,16H,1-2,11-12H2,(H3,19,21,24)/t16-/m0/s1. The molecule has 0 radical (unpaired) electrons. The fraction of sp³-hybridized carbons (Fsp3) is 0.278. The number of amides is 3. The van der Waals surface area contributed by atoms with E-state index in [9.17, 15) is 9.59 Å². The Morgan fingerprint density at radius 2 is 1.88 bits per heavy atom. The molecule has 0 aliphatic carbocycles. The maximum absolute atomic E-state index is 12.8. The molecule has 6 nitrogen and oxygen atoms in total. The molecule has 1 aromatic carbocycles. The van der Waals surface area contributed by atoms with Gasteiger partial charge in [-0.25, -0.2) is 4.79 Å². The lowest BCUT2D eigenvalue weighted by atomic mass is 10.0. The summed E-state index contributed by atoms with van der Waals surface area (Å²) in [7, 11) is 0. The van der Waals surface area contributed by atoms with Crippen LogP contribution in [-0.2, 0) is 6.54 Å². The van der Waals surface area contributed by atoms with Crippen molar-refractivity contribution in [3.05, 3.63) is 65.5 Å². The number of benzene rings is 1. The average molecular weight is 324 g/mol. The summed E-state index contributed by atoms with van der Waals surface area (Å²) in [6.07, 6.45) is 5.49. The van der Waals surface area contributed by atoms with Crippen LogP contribution in [0.15, 0.2) is 48.8 Å². The van der Waals surface area contributed by atoms with Crippen LogP contribution in [0.4, 0.5) is 4.79 Å². The molecular weight excluding hydrogens is 304 g/mol. The smallest absolute Gasteiger partial charge is 0.312 e. The number of rotatable bonds is 4. The first-order valence-electron chi connectivity index (χ1n) is 7.98. The number of pyridine rings is 1. The monoisotopic (exact) mass is 324 g/mol. The highest BCUT2D eigenvalue weighted by Crippen LogP contribution is 2.32. The van der Waals surface area contributed by atoms with Crippen molar-refractivity contribution < 1.29 is 9.59 Å². The van der Waals surface area contributed by atoms with Crippen molar-refractivity contribution in [1.82, 2.24) is 15.2 Å². The Morgan fingerprint density at radius 3 is 2.54 bits per heavy atom. The summed E-state index contributed by atoms with van der Waals surface area (Å²) in [6.45, 7) is 1.12. The summed E-state index contributed by atoms with van der Waals surface area (Å²) < 4.78 is 0. The van der Waals surface area contributed by atoms with Gasteiger partial charge in [0, 0.05) is 31.0 Å². The third-order valence-corrected chi connectivity index (χ3v) is 4.27. The minimum atomic E-state index is -0.563. The van der Waals surface area contributed by atoms with E-state index in [1.807, 2.05) is 29.2 Å². The molecule has 1 saturated heterocycles. The molecule has 0 bridgehead atoms. The maximum atomic E-state index is 12.8. The summed E-state index contributed by atoms with van der Waals surface area (Å²) in [5, 5.41) is 2.53. The second kappa shape index (κ2) is 7.12. The molecule has 3 N–H and O–H groups in total. The fourth-order valence-electron chi connectivity index (χ4n) is 3.06. The molecule has 3 rings (SSSR count). The Balaban J connectivity index is 1.72. The lowest BCUT2D eigenvalue weighted by molar-refractivity contribution is 0.0735. The number of carbonyl (C=O) groups is 2. The molecule has 1 aliphatic rings. The fourth-order valence-corrected chi connectivity index (χ4v) is 3.06. The zero-order valence-electron chi connectivity index (χ0n) is 13.3. The van der Waals surface area contributed by atoms with Gasteiger partial charge in [0.05, 0.1) is 6.04 Å². The highest BCUT2D eigenvalue weighted by Gasteiger charge is 2.30. The lowest BCUT2D eigenvalue weighted by Crippen LogP contribution is -2.30. The van der Waals surface area contributed by atoms with Gasteiger partial charge in [0.1, 0.15) is 0 Å². The number of hydrogen-bond donors (Lipinski definition) is 2. The number of hydrogen-bond acceptors (Lipinski definition) is 3. The van der Waals surface area contributed by atoms with Gasteiger partial charge < -0.3 is 16.0 Å². The predicted octanol–water partition coefficient (Wildman–Crippen LogP) is 2.23. The molecule has 0 saturated carbocycles. The maximum Gasteiger partial charge on any atom is 0.312 e. The normalized spacial score (nSPS) is 16.8. The highest BCUT2D eigenvalue weighted by atomic mass is 16.2. The third kappa shape index (κ3) is 3.53. The zero-order chi connectivity index (χ0) is 16.9. The summed E-state index contributed by atoms with van der Waals surface area (Å²) >= 11 is 0. The lowest BCUT2D eigenvalue weighted by Gasteiger charge is -2.25. The van der Waals surface area contributed by atoms with Crippen LogP contribution in [0.1, 0.15) is 40.4 Å². The number of nitrogens with one attached hydrogen (secondary N) is 1. The van der Waals surface area contributed by atoms with Crippen molar-refractivity contribution in [1.29, 1.82) is 0 Å². The van der Waals surface area contributed by atoms with E-state index in [1.165, 1.54) is 0 Å². The number of primary amides is 1. The minimum Gasteiger partial charge on any atom is -0.352 e. The van der Waals surface area contributed by atoms with Gasteiger partial charge in [-0.2, -0.15) is 0 Å². The van der Waals surface area contributed by atoms with Crippen LogP contribution in [0.3, 0.4) is 0 Å². The molecule has 124 valence electrons. The number of likely N-dealkylation sites (tertiary alicyclic amines) is 1. The van der Waals surface area contributed by atoms with Crippen molar-refractivity contribution in [3.8, 4) is 0 Å². The van der Waals surface area contributed by atoms with Gasteiger partial charge >= 0.3 is 6.03 Å². The van der Waals surface area contributed by atoms with Crippen LogP contribution >= 0.6 is 0 Å². The predicted molar refractivity (Wildman–Crippen MR) is 90.1 cm³/mol. The number of carbonyl (C=O) groups excluding carboxylic acids is 2. The minimum absolute atomic E-state index is 0.0312. The van der Waals surface area contributed by atoms with Gasteiger partial charge in [-0.3, -0.25) is 9.78 Å². The van der Waals surface area contributed by atoms with Gasteiger partial charge in [-0.05, 0) is 48.2 Å². The van der Waals surface area contributed by atoms with Crippen molar-refractivity contribution in [3.63, 3.8) is 0 Å². The molecule has 3 amide bonds. The molecule has 1 aliphatic heterocycles. The Bertz CT molecular complexity index is 716. The molecule has 2 aromatic rings. The second-order valence-electron chi connectivity index (χ2n) is 5.85. The Hall–Kier alpha value is -2.89. The summed E-state index contributed by atoms with van der Waals surface area (Å²) in [4.78, 5) is 29.5. The molecule has 2 heterocycles. The van der Waals surface area contributed by atoms with Crippen LogP contribution in [0.25, 0.3) is 0 Å². The van der Waals surface area contributed by atoms with Gasteiger partial charge in [0.2, 0.25) is 0 Å². The van der Waals surface area contributed by atoms with Gasteiger partial charge in [0.15, 0.2) is 0 Å². The van der Waals surface area contributed by atoms with E-state index >= 15 is 0 Å². The van der Waals surface area contributed by atoms with Crippen molar-refractivity contribution >= 4 is 11.9 Å². The first-order chi connectivity index (χ1) is 11.6. The topological polar surface area (TPSA) is 88.3 Å². The molecular formula is C18H20N4O2. The van der Waals surface area contributed by atoms with Gasteiger partial charge in [-0.15, -0.1) is 0 Å². The SMILES string of the molecule is NC(=O)NCc1ccc(C(=O)N2CCC[C@H]2c2ccncc2)cc1. The third-order valence-electron chi connectivity index (χ3n) is 4.27. The number of aromatic nitrogens is 1. The summed E-state index contributed by atoms with van der Waals surface area (Å²) in [5.74, 6) is 0.0312. The Morgan fingerprint density at radius 1 is 1.17 bits per heavy atom. The molecule has 6 heteroatoms. The van der Waals surface area contributed by atoms with E-state index < -0.39 is 6.03 Å². The van der Waals surface area contributed by atoms with Crippen molar-refractivity contribution in [2.24, 2.45) is 5.73 Å². The largest absolute Gasteiger partial charge is 0.352 e. The molecule has 1 fully saturated rings. The quantitative estimate of drug-likeness (QED) is 0.904. The Kier molecular flexibility index (Phi) is 4.74. The molecule has 1 atom stereocenters. The van der Waals surface area contributed by atoms with Gasteiger partial charge in [-0.1, -0.05) is 12.1 Å². The van der Waals surface area contributed by atoms with E-state index in [0.717, 1.165) is 30.5 Å². The molecule has 1 aromatic heterocycles. The number of nitrogens with two attached hydrogens (primary N) is 1. The van der Waals surface area contributed by atoms with E-state index in [1.54, 1.807) is 24.5 Å². The van der Waals surface area contributed by atoms with E-state index in [-0.39, 0.29) is 11.9 Å². The highest BCUT2D eigenvalue weighted by molar-refractivity contribution is 5.94. The van der Waals surface area contributed by atoms with E-state index in [2.05, 4.69) is 10.3 Å². The Labute approximate surface area is 140 Å². The van der Waals surface area contributed by atoms with Crippen LogP contribution in [0.2, 0.25) is 0 Å². The first-order valence-corrected chi connectivity index (χ1v) is 7.98. The van der Waals surface area contributed by atoms with E-state index in [0.29, 0.717) is 12.1 Å². The molecule has 0 spiro atoms. The molecule has 0 unspecified atom stereocenters. The van der Waals surface area contributed by atoms with Crippen LogP contribution < -0.4 is 11.1 Å². The first kappa shape index (κ1) is 16.0. The van der Waals surface area contributed by atoms with E-state index in [4.69, 9.17) is 5.73 Å². The second-order valence-corrected chi connectivity index (χ2v) is 5.85. The zero-order valence-corrected chi connectivity index (χ0v) is 13.3. The van der Waals surface area contributed by atoms with Crippen LogP contribution in [0.5, 0.6) is 0 Å². The van der Waals surface area contributed by atoms with Gasteiger partial charge in [0.25, 0.3) is 5.91 Å². The van der Waals surface area contributed by atoms with Crippen LogP contribution in [-0.4, -0.2) is 28.4 Å². The number of urea groups is 1. The van der Waals surface area contributed by atoms with Crippen molar-refractivity contribution in [2.45, 2.75) is 25.4 Å².